The first-order chi connectivity index (χ1) is 10.1. The van der Waals surface area contributed by atoms with Crippen LogP contribution in [0.25, 0.3) is 11.8 Å². The Labute approximate surface area is 128 Å². The number of nitrogens with one attached hydrogen (secondary N) is 1. The molecule has 2 nitrogen and oxygen atoms in total. The second-order valence-corrected chi connectivity index (χ2v) is 6.23. The monoisotopic (exact) mass is 295 g/mol. The zero-order valence-electron chi connectivity index (χ0n) is 12.1. The summed E-state index contributed by atoms with van der Waals surface area (Å²) in [5.74, 6) is 0.476. The highest BCUT2D eigenvalue weighted by Crippen LogP contribution is 2.24. The molecular formula is C18H17NOS. The molecule has 1 amide bonds. The predicted molar refractivity (Wildman–Crippen MR) is 88.9 cm³/mol. The Kier molecular flexibility index (Phi) is 3.76. The summed E-state index contributed by atoms with van der Waals surface area (Å²) < 4.78 is 0. The van der Waals surface area contributed by atoms with Crippen LogP contribution in [-0.2, 0) is 4.79 Å². The lowest BCUT2D eigenvalue weighted by molar-refractivity contribution is -0.115. The van der Waals surface area contributed by atoms with Crippen molar-refractivity contribution in [2.24, 2.45) is 0 Å². The molecule has 3 rings (SSSR count). The van der Waals surface area contributed by atoms with Crippen molar-refractivity contribution in [2.75, 3.05) is 0 Å². The van der Waals surface area contributed by atoms with Gasteiger partial charge in [0.15, 0.2) is 0 Å². The SMILES string of the molecule is CC(C)c1ccc(C2=CC(=Cc3ccsc3)C(=O)N2)cc1. The largest absolute Gasteiger partial charge is 0.321 e. The fraction of sp³-hybridized carbons (Fsp3) is 0.167. The van der Waals surface area contributed by atoms with Crippen molar-refractivity contribution in [1.82, 2.24) is 5.32 Å². The van der Waals surface area contributed by atoms with Crippen molar-refractivity contribution >= 4 is 29.0 Å². The average molecular weight is 295 g/mol. The number of hydrogen-bond donors (Lipinski definition) is 1. The fourth-order valence-electron chi connectivity index (χ4n) is 2.30. The van der Waals surface area contributed by atoms with Gasteiger partial charge in [-0.3, -0.25) is 4.79 Å². The third kappa shape index (κ3) is 2.98. The quantitative estimate of drug-likeness (QED) is 0.834. The summed E-state index contributed by atoms with van der Waals surface area (Å²) in [5, 5.41) is 6.98. The molecule has 2 aromatic rings. The third-order valence-electron chi connectivity index (χ3n) is 3.56. The van der Waals surface area contributed by atoms with Gasteiger partial charge in [-0.2, -0.15) is 11.3 Å². The molecule has 0 radical (unpaired) electrons. The summed E-state index contributed by atoms with van der Waals surface area (Å²) in [4.78, 5) is 12.0. The van der Waals surface area contributed by atoms with Crippen LogP contribution in [0.15, 0.2) is 52.7 Å². The fourth-order valence-corrected chi connectivity index (χ4v) is 2.92. The second-order valence-electron chi connectivity index (χ2n) is 5.45. The Morgan fingerprint density at radius 3 is 2.52 bits per heavy atom. The molecule has 1 aliphatic heterocycles. The van der Waals surface area contributed by atoms with Gasteiger partial charge in [0.25, 0.3) is 5.91 Å². The topological polar surface area (TPSA) is 29.1 Å². The zero-order chi connectivity index (χ0) is 14.8. The van der Waals surface area contributed by atoms with Crippen LogP contribution in [0.2, 0.25) is 0 Å². The van der Waals surface area contributed by atoms with E-state index >= 15 is 0 Å². The van der Waals surface area contributed by atoms with E-state index in [1.54, 1.807) is 11.3 Å². The summed E-state index contributed by atoms with van der Waals surface area (Å²) in [7, 11) is 0. The number of carbonyl (C=O) groups is 1. The van der Waals surface area contributed by atoms with Gasteiger partial charge in [-0.15, -0.1) is 0 Å². The van der Waals surface area contributed by atoms with Crippen LogP contribution in [0.3, 0.4) is 0 Å². The highest BCUT2D eigenvalue weighted by atomic mass is 32.1. The van der Waals surface area contributed by atoms with Crippen molar-refractivity contribution in [3.8, 4) is 0 Å². The molecule has 21 heavy (non-hydrogen) atoms. The highest BCUT2D eigenvalue weighted by Gasteiger charge is 2.19. The molecule has 1 aliphatic rings. The Balaban J connectivity index is 1.88. The number of rotatable bonds is 3. The van der Waals surface area contributed by atoms with Crippen molar-refractivity contribution < 1.29 is 4.79 Å². The third-order valence-corrected chi connectivity index (χ3v) is 4.27. The lowest BCUT2D eigenvalue weighted by atomic mass is 10.0. The van der Waals surface area contributed by atoms with Crippen LogP contribution in [0.5, 0.6) is 0 Å². The molecular weight excluding hydrogens is 278 g/mol. The van der Waals surface area contributed by atoms with E-state index in [2.05, 4.69) is 43.4 Å². The van der Waals surface area contributed by atoms with E-state index in [0.29, 0.717) is 11.5 Å². The number of carbonyl (C=O) groups excluding carboxylic acids is 1. The molecule has 2 heterocycles. The van der Waals surface area contributed by atoms with Crippen LogP contribution in [0, 0.1) is 0 Å². The molecule has 0 atom stereocenters. The molecule has 3 heteroatoms. The Morgan fingerprint density at radius 1 is 1.14 bits per heavy atom. The van der Waals surface area contributed by atoms with Gasteiger partial charge in [0, 0.05) is 11.3 Å². The first-order valence-electron chi connectivity index (χ1n) is 7.01. The lowest BCUT2D eigenvalue weighted by Gasteiger charge is -2.07. The van der Waals surface area contributed by atoms with E-state index in [0.717, 1.165) is 16.8 Å². The van der Waals surface area contributed by atoms with E-state index in [-0.39, 0.29) is 5.91 Å². The zero-order valence-corrected chi connectivity index (χ0v) is 12.9. The molecule has 0 saturated carbocycles. The van der Waals surface area contributed by atoms with Crippen LogP contribution >= 0.6 is 11.3 Å². The molecule has 0 unspecified atom stereocenters. The first-order valence-corrected chi connectivity index (χ1v) is 7.95. The first kappa shape index (κ1) is 13.8. The summed E-state index contributed by atoms with van der Waals surface area (Å²) in [6.07, 6.45) is 3.84. The molecule has 0 fully saturated rings. The van der Waals surface area contributed by atoms with Gasteiger partial charge in [-0.1, -0.05) is 38.1 Å². The average Bonchev–Trinajstić information content (AvgIpc) is 3.10. The van der Waals surface area contributed by atoms with Gasteiger partial charge >= 0.3 is 0 Å². The van der Waals surface area contributed by atoms with Crippen LogP contribution < -0.4 is 5.32 Å². The Morgan fingerprint density at radius 2 is 1.90 bits per heavy atom. The van der Waals surface area contributed by atoms with Gasteiger partial charge < -0.3 is 5.32 Å². The van der Waals surface area contributed by atoms with E-state index in [4.69, 9.17) is 0 Å². The smallest absolute Gasteiger partial charge is 0.255 e. The highest BCUT2D eigenvalue weighted by molar-refractivity contribution is 7.08. The standard InChI is InChI=1S/C18H17NOS/c1-12(2)14-3-5-15(6-4-14)17-10-16(18(20)19-17)9-13-7-8-21-11-13/h3-12H,1-2H3,(H,19,20). The summed E-state index contributed by atoms with van der Waals surface area (Å²) in [6, 6.07) is 10.4. The minimum Gasteiger partial charge on any atom is -0.321 e. The minimum atomic E-state index is -0.0378. The summed E-state index contributed by atoms with van der Waals surface area (Å²) >= 11 is 1.63. The maximum absolute atomic E-state index is 12.0. The Bertz CT molecular complexity index is 706. The summed E-state index contributed by atoms with van der Waals surface area (Å²) in [5.41, 5.74) is 4.99. The van der Waals surface area contributed by atoms with E-state index in [9.17, 15) is 4.79 Å². The molecule has 1 aromatic heterocycles. The normalized spacial score (nSPS) is 16.4. The minimum absolute atomic E-state index is 0.0378. The van der Waals surface area contributed by atoms with Gasteiger partial charge in [0.05, 0.1) is 0 Å². The number of thiophene rings is 1. The second kappa shape index (κ2) is 5.70. The van der Waals surface area contributed by atoms with Crippen molar-refractivity contribution in [3.63, 3.8) is 0 Å². The van der Waals surface area contributed by atoms with E-state index < -0.39 is 0 Å². The van der Waals surface area contributed by atoms with Crippen molar-refractivity contribution in [2.45, 2.75) is 19.8 Å². The molecule has 0 spiro atoms. The molecule has 106 valence electrons. The summed E-state index contributed by atoms with van der Waals surface area (Å²) in [6.45, 7) is 4.35. The maximum atomic E-state index is 12.0. The number of benzene rings is 1. The Hall–Kier alpha value is -2.13. The van der Waals surface area contributed by atoms with Crippen molar-refractivity contribution in [1.29, 1.82) is 0 Å². The molecule has 0 aliphatic carbocycles. The van der Waals surface area contributed by atoms with Crippen LogP contribution in [0.1, 0.15) is 36.5 Å². The lowest BCUT2D eigenvalue weighted by Crippen LogP contribution is -2.15. The van der Waals surface area contributed by atoms with Crippen LogP contribution in [-0.4, -0.2) is 5.91 Å². The number of amides is 1. The molecule has 1 aromatic carbocycles. The molecule has 0 saturated heterocycles. The van der Waals surface area contributed by atoms with E-state index in [1.165, 1.54) is 5.56 Å². The van der Waals surface area contributed by atoms with Gasteiger partial charge in [-0.05, 0) is 51.6 Å². The van der Waals surface area contributed by atoms with Crippen LogP contribution in [0.4, 0.5) is 0 Å². The molecule has 1 N–H and O–H groups in total. The van der Waals surface area contributed by atoms with Crippen molar-refractivity contribution in [3.05, 3.63) is 69.4 Å². The van der Waals surface area contributed by atoms with Gasteiger partial charge in [0.2, 0.25) is 0 Å². The van der Waals surface area contributed by atoms with Gasteiger partial charge in [0.1, 0.15) is 0 Å². The molecule has 0 bridgehead atoms. The van der Waals surface area contributed by atoms with E-state index in [1.807, 2.05) is 29.0 Å². The van der Waals surface area contributed by atoms with Gasteiger partial charge in [-0.25, -0.2) is 0 Å². The maximum Gasteiger partial charge on any atom is 0.255 e. The number of hydrogen-bond acceptors (Lipinski definition) is 2. The predicted octanol–water partition coefficient (Wildman–Crippen LogP) is 4.43.